The van der Waals surface area contributed by atoms with Gasteiger partial charge in [0.2, 0.25) is 0 Å². The highest BCUT2D eigenvalue weighted by Crippen LogP contribution is 2.16. The Kier molecular flexibility index (Phi) is 4.27. The molecule has 118 valence electrons. The van der Waals surface area contributed by atoms with Crippen LogP contribution in [0.25, 0.3) is 0 Å². The molecule has 7 nitrogen and oxygen atoms in total. The van der Waals surface area contributed by atoms with Gasteiger partial charge in [0.25, 0.3) is 0 Å². The standard InChI is InChI=1S/C16H18N6O/c1-12(2)10-14-15(11-13-6-4-3-5-7-13)22(20-18-14)16(23)21-9-8-17-19-21/h3-9,12H,10-11H2,1-2H3. The van der Waals surface area contributed by atoms with Crippen molar-refractivity contribution in [1.82, 2.24) is 30.0 Å². The van der Waals surface area contributed by atoms with Crippen LogP contribution < -0.4 is 0 Å². The van der Waals surface area contributed by atoms with Crippen molar-refractivity contribution in [2.75, 3.05) is 0 Å². The zero-order valence-corrected chi connectivity index (χ0v) is 13.1. The fourth-order valence-electron chi connectivity index (χ4n) is 2.41. The van der Waals surface area contributed by atoms with E-state index in [2.05, 4.69) is 34.5 Å². The predicted molar refractivity (Wildman–Crippen MR) is 84.0 cm³/mol. The Morgan fingerprint density at radius 1 is 1.17 bits per heavy atom. The Hall–Kier alpha value is -2.83. The normalized spacial score (nSPS) is 11.1. The third kappa shape index (κ3) is 3.33. The molecule has 7 heteroatoms. The molecule has 0 amide bonds. The minimum absolute atomic E-state index is 0.379. The molecule has 1 aromatic carbocycles. The molecule has 3 aromatic rings. The molecular weight excluding hydrogens is 292 g/mol. The lowest BCUT2D eigenvalue weighted by Gasteiger charge is -2.08. The zero-order valence-electron chi connectivity index (χ0n) is 13.1. The van der Waals surface area contributed by atoms with Crippen molar-refractivity contribution in [1.29, 1.82) is 0 Å². The van der Waals surface area contributed by atoms with Gasteiger partial charge in [-0.05, 0) is 17.9 Å². The van der Waals surface area contributed by atoms with E-state index >= 15 is 0 Å². The van der Waals surface area contributed by atoms with Crippen molar-refractivity contribution in [2.45, 2.75) is 26.7 Å². The molecule has 0 aliphatic rings. The number of carbonyl (C=O) groups excluding carboxylic acids is 1. The number of carbonyl (C=O) groups is 1. The molecule has 2 heterocycles. The second kappa shape index (κ2) is 6.51. The van der Waals surface area contributed by atoms with Crippen molar-refractivity contribution in [3.05, 3.63) is 59.7 Å². The maximum Gasteiger partial charge on any atom is 0.372 e. The van der Waals surface area contributed by atoms with E-state index in [1.165, 1.54) is 17.1 Å². The largest absolute Gasteiger partial charge is 0.372 e. The molecule has 0 aliphatic heterocycles. The van der Waals surface area contributed by atoms with Crippen LogP contribution in [0.5, 0.6) is 0 Å². The molecule has 0 radical (unpaired) electrons. The summed E-state index contributed by atoms with van der Waals surface area (Å²) >= 11 is 0. The van der Waals surface area contributed by atoms with E-state index in [9.17, 15) is 4.79 Å². The first-order chi connectivity index (χ1) is 11.1. The van der Waals surface area contributed by atoms with Gasteiger partial charge < -0.3 is 0 Å². The zero-order chi connectivity index (χ0) is 16.2. The van der Waals surface area contributed by atoms with Gasteiger partial charge in [-0.25, -0.2) is 4.79 Å². The third-order valence-corrected chi connectivity index (χ3v) is 3.46. The van der Waals surface area contributed by atoms with E-state index in [4.69, 9.17) is 0 Å². The minimum atomic E-state index is -0.379. The first-order valence-electron chi connectivity index (χ1n) is 7.53. The summed E-state index contributed by atoms with van der Waals surface area (Å²) in [5.74, 6) is 0.427. The van der Waals surface area contributed by atoms with Gasteiger partial charge in [-0.15, -0.1) is 10.2 Å². The van der Waals surface area contributed by atoms with Crippen molar-refractivity contribution in [3.63, 3.8) is 0 Å². The lowest BCUT2D eigenvalue weighted by molar-refractivity contribution is 0.236. The quantitative estimate of drug-likeness (QED) is 0.738. The number of rotatable bonds is 4. The molecule has 2 aromatic heterocycles. The molecular formula is C16H18N6O. The summed E-state index contributed by atoms with van der Waals surface area (Å²) in [6, 6.07) is 9.59. The monoisotopic (exact) mass is 310 g/mol. The number of aromatic nitrogens is 6. The average molecular weight is 310 g/mol. The van der Waals surface area contributed by atoms with Crippen LogP contribution in [0.1, 0.15) is 30.8 Å². The first-order valence-corrected chi connectivity index (χ1v) is 7.53. The minimum Gasteiger partial charge on any atom is -0.243 e. The van der Waals surface area contributed by atoms with E-state index in [0.29, 0.717) is 12.3 Å². The molecule has 0 fully saturated rings. The molecule has 23 heavy (non-hydrogen) atoms. The summed E-state index contributed by atoms with van der Waals surface area (Å²) in [6.45, 7) is 4.23. The van der Waals surface area contributed by atoms with Gasteiger partial charge in [0, 0.05) is 6.42 Å². The Morgan fingerprint density at radius 3 is 2.61 bits per heavy atom. The Bertz CT molecular complexity index is 776. The van der Waals surface area contributed by atoms with Crippen LogP contribution in [0, 0.1) is 5.92 Å². The molecule has 0 saturated carbocycles. The van der Waals surface area contributed by atoms with Gasteiger partial charge in [-0.3, -0.25) is 0 Å². The SMILES string of the molecule is CC(C)Cc1nnn(C(=O)n2ccnn2)c1Cc1ccccc1. The smallest absolute Gasteiger partial charge is 0.243 e. The molecule has 3 rings (SSSR count). The summed E-state index contributed by atoms with van der Waals surface area (Å²) in [5.41, 5.74) is 2.75. The highest BCUT2D eigenvalue weighted by Gasteiger charge is 2.20. The molecule has 0 aliphatic carbocycles. The highest BCUT2D eigenvalue weighted by molar-refractivity contribution is 5.78. The Balaban J connectivity index is 1.99. The summed E-state index contributed by atoms with van der Waals surface area (Å²) in [4.78, 5) is 12.5. The van der Waals surface area contributed by atoms with Crippen LogP contribution in [0.2, 0.25) is 0 Å². The van der Waals surface area contributed by atoms with E-state index in [-0.39, 0.29) is 6.03 Å². The molecule has 0 spiro atoms. The molecule has 0 atom stereocenters. The average Bonchev–Trinajstić information content (AvgIpc) is 3.18. The van der Waals surface area contributed by atoms with Crippen LogP contribution in [0.3, 0.4) is 0 Å². The van der Waals surface area contributed by atoms with Gasteiger partial charge >= 0.3 is 6.03 Å². The van der Waals surface area contributed by atoms with Crippen LogP contribution >= 0.6 is 0 Å². The van der Waals surface area contributed by atoms with E-state index in [0.717, 1.165) is 28.1 Å². The van der Waals surface area contributed by atoms with Crippen molar-refractivity contribution < 1.29 is 4.79 Å². The van der Waals surface area contributed by atoms with Gasteiger partial charge in [0.05, 0.1) is 23.8 Å². The molecule has 0 saturated heterocycles. The second-order valence-electron chi connectivity index (χ2n) is 5.79. The fraction of sp³-hybridized carbons (Fsp3) is 0.312. The predicted octanol–water partition coefficient (Wildman–Crippen LogP) is 2.18. The number of hydrogen-bond acceptors (Lipinski definition) is 5. The first kappa shape index (κ1) is 15.1. The van der Waals surface area contributed by atoms with Gasteiger partial charge in [-0.1, -0.05) is 54.6 Å². The third-order valence-electron chi connectivity index (χ3n) is 3.46. The maximum absolute atomic E-state index is 12.5. The Labute approximate surface area is 133 Å². The maximum atomic E-state index is 12.5. The summed E-state index contributed by atoms with van der Waals surface area (Å²) in [7, 11) is 0. The van der Waals surface area contributed by atoms with Crippen molar-refractivity contribution in [2.24, 2.45) is 5.92 Å². The van der Waals surface area contributed by atoms with E-state index in [1.807, 2.05) is 30.3 Å². The lowest BCUT2D eigenvalue weighted by atomic mass is 10.0. The van der Waals surface area contributed by atoms with Gasteiger partial charge in [0.15, 0.2) is 0 Å². The van der Waals surface area contributed by atoms with Gasteiger partial charge in [-0.2, -0.15) is 9.36 Å². The summed E-state index contributed by atoms with van der Waals surface area (Å²) < 4.78 is 2.47. The van der Waals surface area contributed by atoms with Crippen molar-refractivity contribution in [3.8, 4) is 0 Å². The second-order valence-corrected chi connectivity index (χ2v) is 5.79. The number of hydrogen-bond donors (Lipinski definition) is 0. The van der Waals surface area contributed by atoms with Crippen LogP contribution in [-0.2, 0) is 12.8 Å². The lowest BCUT2D eigenvalue weighted by Crippen LogP contribution is -2.24. The fourth-order valence-corrected chi connectivity index (χ4v) is 2.41. The number of benzene rings is 1. The Morgan fingerprint density at radius 2 is 1.96 bits per heavy atom. The molecule has 0 bridgehead atoms. The molecule has 0 N–H and O–H groups in total. The van der Waals surface area contributed by atoms with Crippen molar-refractivity contribution >= 4 is 6.03 Å². The van der Waals surface area contributed by atoms with Crippen LogP contribution in [0.15, 0.2) is 42.7 Å². The highest BCUT2D eigenvalue weighted by atomic mass is 16.2. The van der Waals surface area contributed by atoms with E-state index in [1.54, 1.807) is 0 Å². The number of nitrogens with zero attached hydrogens (tertiary/aromatic N) is 6. The van der Waals surface area contributed by atoms with Crippen LogP contribution in [0.4, 0.5) is 4.79 Å². The molecule has 0 unspecified atom stereocenters. The topological polar surface area (TPSA) is 78.5 Å². The summed E-state index contributed by atoms with van der Waals surface area (Å²) in [5, 5.41) is 15.7. The van der Waals surface area contributed by atoms with Gasteiger partial charge in [0.1, 0.15) is 0 Å². The van der Waals surface area contributed by atoms with Crippen LogP contribution in [-0.4, -0.2) is 36.0 Å². The van der Waals surface area contributed by atoms with E-state index < -0.39 is 0 Å². The summed E-state index contributed by atoms with van der Waals surface area (Å²) in [6.07, 6.45) is 4.32.